The van der Waals surface area contributed by atoms with Crippen LogP contribution < -0.4 is 0 Å². The van der Waals surface area contributed by atoms with Crippen LogP contribution in [-0.2, 0) is 4.74 Å². The van der Waals surface area contributed by atoms with E-state index >= 15 is 0 Å². The molecule has 2 rings (SSSR count). The highest BCUT2D eigenvalue weighted by atomic mass is 35.5. The summed E-state index contributed by atoms with van der Waals surface area (Å²) in [4.78, 5) is 8.64. The van der Waals surface area contributed by atoms with Crippen molar-refractivity contribution in [3.05, 3.63) is 29.0 Å². The van der Waals surface area contributed by atoms with Crippen molar-refractivity contribution >= 4 is 17.5 Å². The highest BCUT2D eigenvalue weighted by molar-refractivity contribution is 6.30. The molecule has 0 bridgehead atoms. The summed E-state index contributed by atoms with van der Waals surface area (Å²) < 4.78 is 5.50. The molecule has 0 unspecified atom stereocenters. The molecule has 1 atom stereocenters. The number of pyridine rings is 1. The third-order valence-corrected chi connectivity index (χ3v) is 2.61. The first kappa shape index (κ1) is 10.4. The zero-order valence-electron chi connectivity index (χ0n) is 8.77. The van der Waals surface area contributed by atoms with Gasteiger partial charge in [-0.15, -0.1) is 0 Å². The van der Waals surface area contributed by atoms with Crippen molar-refractivity contribution < 1.29 is 4.74 Å². The average molecular weight is 225 g/mol. The van der Waals surface area contributed by atoms with Gasteiger partial charge in [0.1, 0.15) is 12.3 Å². The highest BCUT2D eigenvalue weighted by Crippen LogP contribution is 2.17. The fourth-order valence-electron chi connectivity index (χ4n) is 1.37. The van der Waals surface area contributed by atoms with Crippen LogP contribution in [-0.4, -0.2) is 23.5 Å². The third-order valence-electron chi connectivity index (χ3n) is 2.39. The Kier molecular flexibility index (Phi) is 2.91. The molecule has 0 saturated carbocycles. The van der Waals surface area contributed by atoms with E-state index < -0.39 is 0 Å². The minimum atomic E-state index is 0.248. The molecule has 3 nitrogen and oxygen atoms in total. The smallest absolute Gasteiger partial charge is 0.235 e. The summed E-state index contributed by atoms with van der Waals surface area (Å²) in [7, 11) is 0. The van der Waals surface area contributed by atoms with Gasteiger partial charge in [-0.25, -0.2) is 9.98 Å². The standard InChI is InChI=1S/C11H13ClN2O/c1-7(2)10-6-15-11(14-10)9-4-3-8(12)5-13-9/h3-5,7,10H,6H2,1-2H3/t10-/m1/s1. The number of ether oxygens (including phenoxy) is 1. The van der Waals surface area contributed by atoms with Gasteiger partial charge in [0.15, 0.2) is 0 Å². The van der Waals surface area contributed by atoms with E-state index in [1.807, 2.05) is 6.07 Å². The lowest BCUT2D eigenvalue weighted by Gasteiger charge is -2.06. The van der Waals surface area contributed by atoms with Gasteiger partial charge in [0.05, 0.1) is 11.1 Å². The van der Waals surface area contributed by atoms with Crippen molar-refractivity contribution in [3.8, 4) is 0 Å². The largest absolute Gasteiger partial charge is 0.474 e. The number of halogens is 1. The Morgan fingerprint density at radius 1 is 1.47 bits per heavy atom. The summed E-state index contributed by atoms with van der Waals surface area (Å²) in [5.74, 6) is 1.13. The van der Waals surface area contributed by atoms with E-state index in [4.69, 9.17) is 16.3 Å². The van der Waals surface area contributed by atoms with Crippen LogP contribution in [0, 0.1) is 5.92 Å². The summed E-state index contributed by atoms with van der Waals surface area (Å²) in [5, 5.41) is 0.623. The summed E-state index contributed by atoms with van der Waals surface area (Å²) in [6, 6.07) is 3.86. The van der Waals surface area contributed by atoms with Gasteiger partial charge in [0.2, 0.25) is 5.90 Å². The van der Waals surface area contributed by atoms with Crippen LogP contribution in [0.2, 0.25) is 5.02 Å². The fraction of sp³-hybridized carbons (Fsp3) is 0.455. The zero-order chi connectivity index (χ0) is 10.8. The van der Waals surface area contributed by atoms with Gasteiger partial charge in [-0.2, -0.15) is 0 Å². The van der Waals surface area contributed by atoms with Crippen molar-refractivity contribution in [2.75, 3.05) is 6.61 Å². The molecular weight excluding hydrogens is 212 g/mol. The van der Waals surface area contributed by atoms with E-state index in [-0.39, 0.29) is 6.04 Å². The maximum atomic E-state index is 5.75. The Balaban J connectivity index is 2.19. The van der Waals surface area contributed by atoms with Crippen LogP contribution >= 0.6 is 11.6 Å². The molecule has 0 spiro atoms. The first-order valence-electron chi connectivity index (χ1n) is 4.99. The molecule has 15 heavy (non-hydrogen) atoms. The van der Waals surface area contributed by atoms with E-state index in [1.165, 1.54) is 0 Å². The van der Waals surface area contributed by atoms with Crippen LogP contribution in [0.1, 0.15) is 19.5 Å². The second-order valence-corrected chi connectivity index (χ2v) is 4.35. The quantitative estimate of drug-likeness (QED) is 0.774. The molecule has 2 heterocycles. The molecule has 0 fully saturated rings. The molecule has 0 aromatic carbocycles. The normalized spacial score (nSPS) is 20.3. The lowest BCUT2D eigenvalue weighted by Crippen LogP contribution is -2.13. The van der Waals surface area contributed by atoms with E-state index in [0.29, 0.717) is 23.4 Å². The Hall–Kier alpha value is -1.09. The lowest BCUT2D eigenvalue weighted by atomic mass is 10.1. The molecular formula is C11H13ClN2O. The second kappa shape index (κ2) is 4.19. The molecule has 0 radical (unpaired) electrons. The Morgan fingerprint density at radius 3 is 2.80 bits per heavy atom. The lowest BCUT2D eigenvalue weighted by molar-refractivity contribution is 0.291. The number of aromatic nitrogens is 1. The first-order valence-corrected chi connectivity index (χ1v) is 5.37. The summed E-state index contributed by atoms with van der Waals surface area (Å²) >= 11 is 5.75. The van der Waals surface area contributed by atoms with Gasteiger partial charge in [-0.1, -0.05) is 25.4 Å². The van der Waals surface area contributed by atoms with Gasteiger partial charge in [0.25, 0.3) is 0 Å². The van der Waals surface area contributed by atoms with Crippen LogP contribution in [0.15, 0.2) is 23.3 Å². The molecule has 1 aliphatic rings. The molecule has 0 amide bonds. The maximum Gasteiger partial charge on any atom is 0.235 e. The average Bonchev–Trinajstić information content (AvgIpc) is 2.68. The van der Waals surface area contributed by atoms with E-state index in [1.54, 1.807) is 12.3 Å². The van der Waals surface area contributed by atoms with Crippen molar-refractivity contribution in [2.24, 2.45) is 10.9 Å². The van der Waals surface area contributed by atoms with Crippen molar-refractivity contribution in [1.29, 1.82) is 0 Å². The minimum Gasteiger partial charge on any atom is -0.474 e. The van der Waals surface area contributed by atoms with Crippen LogP contribution in [0.5, 0.6) is 0 Å². The Bertz CT molecular complexity index is 373. The summed E-state index contributed by atoms with van der Waals surface area (Å²) in [6.07, 6.45) is 1.60. The molecule has 0 aliphatic carbocycles. The van der Waals surface area contributed by atoms with Gasteiger partial charge in [-0.05, 0) is 18.1 Å². The summed E-state index contributed by atoms with van der Waals surface area (Å²) in [5.41, 5.74) is 0.752. The highest BCUT2D eigenvalue weighted by Gasteiger charge is 2.23. The maximum absolute atomic E-state index is 5.75. The molecule has 80 valence electrons. The number of aliphatic imine (C=N–C) groups is 1. The van der Waals surface area contributed by atoms with Crippen LogP contribution in [0.3, 0.4) is 0 Å². The van der Waals surface area contributed by atoms with Gasteiger partial charge < -0.3 is 4.74 Å². The minimum absolute atomic E-state index is 0.248. The van der Waals surface area contributed by atoms with E-state index in [9.17, 15) is 0 Å². The third kappa shape index (κ3) is 2.29. The first-order chi connectivity index (χ1) is 7.16. The van der Waals surface area contributed by atoms with Gasteiger partial charge >= 0.3 is 0 Å². The molecule has 1 aromatic heterocycles. The van der Waals surface area contributed by atoms with Gasteiger partial charge in [0, 0.05) is 6.20 Å². The Labute approximate surface area is 94.1 Å². The molecule has 1 aromatic rings. The fourth-order valence-corrected chi connectivity index (χ4v) is 1.49. The topological polar surface area (TPSA) is 34.5 Å². The number of hydrogen-bond acceptors (Lipinski definition) is 3. The second-order valence-electron chi connectivity index (χ2n) is 3.92. The molecule has 0 N–H and O–H groups in total. The van der Waals surface area contributed by atoms with Crippen LogP contribution in [0.25, 0.3) is 0 Å². The van der Waals surface area contributed by atoms with Gasteiger partial charge in [-0.3, -0.25) is 0 Å². The van der Waals surface area contributed by atoms with Crippen molar-refractivity contribution in [1.82, 2.24) is 4.98 Å². The molecule has 1 aliphatic heterocycles. The van der Waals surface area contributed by atoms with Crippen molar-refractivity contribution in [2.45, 2.75) is 19.9 Å². The molecule has 4 heteroatoms. The van der Waals surface area contributed by atoms with E-state index in [2.05, 4.69) is 23.8 Å². The SMILES string of the molecule is CC(C)[C@H]1COC(c2ccc(Cl)cn2)=N1. The monoisotopic (exact) mass is 224 g/mol. The summed E-state index contributed by atoms with van der Waals surface area (Å²) in [6.45, 7) is 4.92. The van der Waals surface area contributed by atoms with E-state index in [0.717, 1.165) is 5.69 Å². The molecule has 0 saturated heterocycles. The predicted octanol–water partition coefficient (Wildman–Crippen LogP) is 2.54. The number of hydrogen-bond donors (Lipinski definition) is 0. The zero-order valence-corrected chi connectivity index (χ0v) is 9.53. The van der Waals surface area contributed by atoms with Crippen LogP contribution in [0.4, 0.5) is 0 Å². The number of rotatable bonds is 2. The predicted molar refractivity (Wildman–Crippen MR) is 60.4 cm³/mol. The Morgan fingerprint density at radius 2 is 2.27 bits per heavy atom. The van der Waals surface area contributed by atoms with Crippen molar-refractivity contribution in [3.63, 3.8) is 0 Å². The number of nitrogens with zero attached hydrogens (tertiary/aromatic N) is 2.